The number of hydrogen-bond acceptors (Lipinski definition) is 7. The number of methoxy groups -OCH3 is 1. The maximum atomic E-state index is 15.9. The third-order valence-electron chi connectivity index (χ3n) is 7.58. The number of hydroxylamine groups is 1. The third-order valence-corrected chi connectivity index (χ3v) is 7.58. The number of nitrogens with zero attached hydrogens (tertiary/aromatic N) is 2. The first-order valence-electron chi connectivity index (χ1n) is 12.9. The van der Waals surface area contributed by atoms with Crippen LogP contribution in [0.5, 0.6) is 5.75 Å². The van der Waals surface area contributed by atoms with Gasteiger partial charge in [-0.15, -0.1) is 0 Å². The summed E-state index contributed by atoms with van der Waals surface area (Å²) in [4.78, 5) is 19.2. The Bertz CT molecular complexity index is 1280. The summed E-state index contributed by atoms with van der Waals surface area (Å²) in [6.45, 7) is 1.69. The van der Waals surface area contributed by atoms with Crippen molar-refractivity contribution in [3.63, 3.8) is 0 Å². The van der Waals surface area contributed by atoms with Crippen LogP contribution in [-0.4, -0.2) is 59.4 Å². The zero-order valence-electron chi connectivity index (χ0n) is 21.7. The number of aromatic nitrogens is 1. The normalized spacial score (nSPS) is 16.2. The van der Waals surface area contributed by atoms with Gasteiger partial charge in [-0.2, -0.15) is 0 Å². The Morgan fingerprint density at radius 3 is 2.54 bits per heavy atom. The number of hydrogen-bond donors (Lipinski definition) is 4. The molecule has 11 heteroatoms. The molecule has 0 bridgehead atoms. The topological polar surface area (TPSA) is 107 Å². The molecule has 1 amide bonds. The maximum absolute atomic E-state index is 15.9. The third kappa shape index (κ3) is 6.60. The lowest BCUT2D eigenvalue weighted by atomic mass is 9.73. The highest BCUT2D eigenvalue weighted by atomic mass is 19.1. The van der Waals surface area contributed by atoms with Crippen molar-refractivity contribution in [2.45, 2.75) is 38.5 Å². The number of alkyl halides is 1. The van der Waals surface area contributed by atoms with Gasteiger partial charge in [-0.25, -0.2) is 18.7 Å². The first kappa shape index (κ1) is 28.6. The second kappa shape index (κ2) is 12.6. The van der Waals surface area contributed by atoms with Crippen LogP contribution in [0, 0.1) is 17.0 Å². The fourth-order valence-electron chi connectivity index (χ4n) is 5.33. The van der Waals surface area contributed by atoms with Gasteiger partial charge in [0.15, 0.2) is 0 Å². The number of pyridine rings is 1. The molecule has 210 valence electrons. The molecule has 0 aliphatic carbocycles. The van der Waals surface area contributed by atoms with E-state index >= 15 is 4.39 Å². The molecule has 0 radical (unpaired) electrons. The molecular weight excluding hydrogens is 513 g/mol. The van der Waals surface area contributed by atoms with E-state index in [1.54, 1.807) is 23.7 Å². The first-order valence-corrected chi connectivity index (χ1v) is 12.9. The number of carbonyl (C=O) groups excluding carboxylic acids is 1. The minimum atomic E-state index is -1.48. The zero-order chi connectivity index (χ0) is 28.0. The number of halogens is 3. The van der Waals surface area contributed by atoms with Gasteiger partial charge in [0.2, 0.25) is 5.91 Å². The summed E-state index contributed by atoms with van der Waals surface area (Å²) in [7, 11) is 1.51. The standard InChI is InChI=1S/C28H33F3N4O4/c1-39-22-2-3-25-23(15-22)26(18(17-36)16-33-25)24(31)4-5-28(27(37)34-38)6-9-35(10-7-28)11-8-32-21-13-19(29)12-20(30)14-21/h2-3,12-16,24,32,36,38H,4-11,17H2,1H3,(H,34,37). The number of aliphatic hydroxyl groups excluding tert-OH is 1. The molecule has 0 saturated carbocycles. The lowest BCUT2D eigenvalue weighted by molar-refractivity contribution is -0.143. The summed E-state index contributed by atoms with van der Waals surface area (Å²) in [5.41, 5.74) is 2.40. The van der Waals surface area contributed by atoms with Crippen LogP contribution in [0.1, 0.15) is 43.0 Å². The molecule has 1 unspecified atom stereocenters. The largest absolute Gasteiger partial charge is 0.497 e. The Kier molecular flexibility index (Phi) is 9.26. The Labute approximate surface area is 224 Å². The van der Waals surface area contributed by atoms with Crippen molar-refractivity contribution in [2.75, 3.05) is 38.6 Å². The van der Waals surface area contributed by atoms with E-state index < -0.39 is 29.1 Å². The smallest absolute Gasteiger partial charge is 0.249 e. The van der Waals surface area contributed by atoms with Crippen molar-refractivity contribution in [3.8, 4) is 5.75 Å². The van der Waals surface area contributed by atoms with Gasteiger partial charge < -0.3 is 20.1 Å². The summed E-state index contributed by atoms with van der Waals surface area (Å²) >= 11 is 0. The molecule has 2 heterocycles. The monoisotopic (exact) mass is 546 g/mol. The van der Waals surface area contributed by atoms with Gasteiger partial charge >= 0.3 is 0 Å². The van der Waals surface area contributed by atoms with Crippen LogP contribution in [0.15, 0.2) is 42.6 Å². The Morgan fingerprint density at radius 2 is 1.90 bits per heavy atom. The van der Waals surface area contributed by atoms with E-state index in [1.165, 1.54) is 25.4 Å². The van der Waals surface area contributed by atoms with Gasteiger partial charge in [-0.1, -0.05) is 0 Å². The average Bonchev–Trinajstić information content (AvgIpc) is 2.94. The van der Waals surface area contributed by atoms with Crippen molar-refractivity contribution in [1.82, 2.24) is 15.4 Å². The molecule has 8 nitrogen and oxygen atoms in total. The number of rotatable bonds is 11. The van der Waals surface area contributed by atoms with E-state index in [0.717, 1.165) is 6.07 Å². The Hall–Kier alpha value is -3.41. The van der Waals surface area contributed by atoms with E-state index in [1.807, 2.05) is 0 Å². The number of amides is 1. The summed E-state index contributed by atoms with van der Waals surface area (Å²) < 4.78 is 47.9. The van der Waals surface area contributed by atoms with Gasteiger partial charge in [-0.05, 0) is 69.1 Å². The predicted molar refractivity (Wildman–Crippen MR) is 140 cm³/mol. The van der Waals surface area contributed by atoms with Crippen molar-refractivity contribution in [1.29, 1.82) is 0 Å². The maximum Gasteiger partial charge on any atom is 0.249 e. The predicted octanol–water partition coefficient (Wildman–Crippen LogP) is 4.50. The molecule has 3 aromatic rings. The Balaban J connectivity index is 1.41. The second-order valence-electron chi connectivity index (χ2n) is 9.89. The number of benzene rings is 2. The molecule has 1 atom stereocenters. The number of ether oxygens (including phenoxy) is 1. The van der Waals surface area contributed by atoms with E-state index in [9.17, 15) is 23.9 Å². The van der Waals surface area contributed by atoms with Gasteiger partial charge in [0, 0.05) is 47.6 Å². The van der Waals surface area contributed by atoms with Crippen LogP contribution in [0.2, 0.25) is 0 Å². The summed E-state index contributed by atoms with van der Waals surface area (Å²) in [5, 5.41) is 22.9. The highest BCUT2D eigenvalue weighted by Gasteiger charge is 2.41. The highest BCUT2D eigenvalue weighted by Crippen LogP contribution is 2.41. The van der Waals surface area contributed by atoms with Crippen molar-refractivity contribution < 1.29 is 33.0 Å². The molecule has 4 N–H and O–H groups in total. The molecule has 1 aromatic heterocycles. The quantitative estimate of drug-likeness (QED) is 0.207. The summed E-state index contributed by atoms with van der Waals surface area (Å²) in [6.07, 6.45) is 0.966. The lowest BCUT2D eigenvalue weighted by Gasteiger charge is -2.40. The average molecular weight is 547 g/mol. The number of piperidine rings is 1. The summed E-state index contributed by atoms with van der Waals surface area (Å²) in [5.74, 6) is -1.34. The number of anilines is 1. The first-order chi connectivity index (χ1) is 18.8. The van der Waals surface area contributed by atoms with Gasteiger partial charge in [0.25, 0.3) is 0 Å². The van der Waals surface area contributed by atoms with E-state index in [2.05, 4.69) is 15.2 Å². The second-order valence-corrected chi connectivity index (χ2v) is 9.89. The number of nitrogens with one attached hydrogen (secondary N) is 2. The van der Waals surface area contributed by atoms with Gasteiger partial charge in [0.1, 0.15) is 23.6 Å². The van der Waals surface area contributed by atoms with E-state index in [0.29, 0.717) is 72.5 Å². The molecule has 1 aliphatic heterocycles. The molecule has 2 aromatic carbocycles. The molecule has 4 rings (SSSR count). The highest BCUT2D eigenvalue weighted by molar-refractivity contribution is 5.85. The zero-order valence-corrected chi connectivity index (χ0v) is 21.7. The summed E-state index contributed by atoms with van der Waals surface area (Å²) in [6, 6.07) is 8.38. The van der Waals surface area contributed by atoms with E-state index in [-0.39, 0.29) is 19.4 Å². The lowest BCUT2D eigenvalue weighted by Crippen LogP contribution is -2.49. The molecular formula is C28H33F3N4O4. The van der Waals surface area contributed by atoms with Crippen LogP contribution in [-0.2, 0) is 11.4 Å². The van der Waals surface area contributed by atoms with Crippen LogP contribution >= 0.6 is 0 Å². The Morgan fingerprint density at radius 1 is 1.18 bits per heavy atom. The number of fused-ring (bicyclic) bond motifs is 1. The molecule has 1 fully saturated rings. The molecule has 1 aliphatic rings. The molecule has 39 heavy (non-hydrogen) atoms. The minimum Gasteiger partial charge on any atom is -0.497 e. The van der Waals surface area contributed by atoms with Crippen LogP contribution < -0.4 is 15.5 Å². The number of carbonyl (C=O) groups is 1. The molecule has 0 spiro atoms. The van der Waals surface area contributed by atoms with Crippen molar-refractivity contribution in [2.24, 2.45) is 5.41 Å². The van der Waals surface area contributed by atoms with Crippen LogP contribution in [0.3, 0.4) is 0 Å². The van der Waals surface area contributed by atoms with Crippen molar-refractivity contribution >= 4 is 22.5 Å². The van der Waals surface area contributed by atoms with Crippen molar-refractivity contribution in [3.05, 3.63) is 65.4 Å². The number of likely N-dealkylation sites (tertiary alicyclic amines) is 1. The minimum absolute atomic E-state index is 0.00341. The van der Waals surface area contributed by atoms with E-state index in [4.69, 9.17) is 4.74 Å². The fraction of sp³-hybridized carbons (Fsp3) is 0.429. The number of aliphatic hydroxyl groups is 1. The SMILES string of the molecule is COc1ccc2ncc(CO)c(C(F)CCC3(C(=O)NO)CCN(CCNc4cc(F)cc(F)c4)CC3)c2c1. The molecule has 1 saturated heterocycles. The van der Waals surface area contributed by atoms with Gasteiger partial charge in [0.05, 0.1) is 24.6 Å². The van der Waals surface area contributed by atoms with Crippen LogP contribution in [0.4, 0.5) is 18.9 Å². The fourth-order valence-corrected chi connectivity index (χ4v) is 5.33. The van der Waals surface area contributed by atoms with Crippen LogP contribution in [0.25, 0.3) is 10.9 Å². The van der Waals surface area contributed by atoms with Gasteiger partial charge in [-0.3, -0.25) is 15.0 Å².